The van der Waals surface area contributed by atoms with E-state index in [2.05, 4.69) is 6.58 Å². The second-order valence-electron chi connectivity index (χ2n) is 1.78. The lowest BCUT2D eigenvalue weighted by Crippen LogP contribution is -2.01. The summed E-state index contributed by atoms with van der Waals surface area (Å²) in [6.07, 6.45) is 5.33. The third-order valence-electron chi connectivity index (χ3n) is 1.09. The Balaban J connectivity index is 4.42. The summed E-state index contributed by atoms with van der Waals surface area (Å²) in [5.74, 6) is 0. The van der Waals surface area contributed by atoms with Crippen LogP contribution in [-0.4, -0.2) is 6.54 Å². The van der Waals surface area contributed by atoms with Crippen LogP contribution in [0.3, 0.4) is 0 Å². The van der Waals surface area contributed by atoms with Crippen LogP contribution in [0.4, 0.5) is 0 Å². The van der Waals surface area contributed by atoms with Crippen molar-refractivity contribution in [3.63, 3.8) is 0 Å². The Morgan fingerprint density at radius 1 is 1.70 bits per heavy atom. The third kappa shape index (κ3) is 2.85. The second-order valence-corrected chi connectivity index (χ2v) is 2.19. The minimum absolute atomic E-state index is 0.437. The van der Waals surface area contributed by atoms with Gasteiger partial charge in [-0.15, -0.1) is 0 Å². The molecule has 0 radical (unpaired) electrons. The highest BCUT2D eigenvalue weighted by Crippen LogP contribution is 2.10. The van der Waals surface area contributed by atoms with Gasteiger partial charge in [-0.2, -0.15) is 0 Å². The number of rotatable bonds is 3. The molecule has 0 aliphatic rings. The largest absolute Gasteiger partial charge is 0.326 e. The Morgan fingerprint density at radius 2 is 2.30 bits per heavy atom. The van der Waals surface area contributed by atoms with Gasteiger partial charge in [-0.05, 0) is 18.6 Å². The van der Waals surface area contributed by atoms with Crippen molar-refractivity contribution in [3.8, 4) is 0 Å². The Morgan fingerprint density at radius 3 is 2.60 bits per heavy atom. The molecule has 0 unspecified atom stereocenters. The first-order valence-corrected chi connectivity index (χ1v) is 3.48. The van der Waals surface area contributed by atoms with Crippen molar-refractivity contribution in [3.05, 3.63) is 35.4 Å². The summed E-state index contributed by atoms with van der Waals surface area (Å²) < 4.78 is 0. The molecule has 0 aromatic carbocycles. The van der Waals surface area contributed by atoms with Crippen LogP contribution in [-0.2, 0) is 0 Å². The molecule has 2 N–H and O–H groups in total. The van der Waals surface area contributed by atoms with Crippen LogP contribution in [0.2, 0.25) is 0 Å². The summed E-state index contributed by atoms with van der Waals surface area (Å²) >= 11 is 5.79. The topological polar surface area (TPSA) is 26.0 Å². The van der Waals surface area contributed by atoms with Crippen LogP contribution in [0.5, 0.6) is 0 Å². The lowest BCUT2D eigenvalue weighted by atomic mass is 10.2. The van der Waals surface area contributed by atoms with Crippen molar-refractivity contribution < 1.29 is 0 Å². The fourth-order valence-electron chi connectivity index (χ4n) is 0.532. The number of allylic oxidation sites excluding steroid dienone is 3. The Labute approximate surface area is 66.9 Å². The first-order chi connectivity index (χ1) is 4.76. The molecule has 0 aliphatic heterocycles. The first-order valence-electron chi connectivity index (χ1n) is 3.10. The maximum atomic E-state index is 5.79. The number of hydrogen-bond acceptors (Lipinski definition) is 1. The predicted molar refractivity (Wildman–Crippen MR) is 46.9 cm³/mol. The van der Waals surface area contributed by atoms with Gasteiger partial charge < -0.3 is 5.73 Å². The van der Waals surface area contributed by atoms with Gasteiger partial charge in [0, 0.05) is 11.6 Å². The number of hydrogen-bond donors (Lipinski definition) is 1. The summed E-state index contributed by atoms with van der Waals surface area (Å²) in [5, 5.41) is 0.667. The molecule has 1 nitrogen and oxygen atoms in total. The zero-order valence-corrected chi connectivity index (χ0v) is 6.86. The van der Waals surface area contributed by atoms with Gasteiger partial charge in [0.05, 0.1) is 0 Å². The maximum Gasteiger partial charge on any atom is 0.0447 e. The first kappa shape index (κ1) is 9.47. The second kappa shape index (κ2) is 5.27. The Hall–Kier alpha value is -0.530. The van der Waals surface area contributed by atoms with Gasteiger partial charge in [-0.3, -0.25) is 0 Å². The monoisotopic (exact) mass is 157 g/mol. The fourth-order valence-corrected chi connectivity index (χ4v) is 0.812. The molecule has 0 aromatic heterocycles. The van der Waals surface area contributed by atoms with Crippen molar-refractivity contribution in [1.29, 1.82) is 0 Å². The molecule has 0 saturated carbocycles. The van der Waals surface area contributed by atoms with Crippen LogP contribution in [0.25, 0.3) is 0 Å². The fraction of sp³-hybridized carbons (Fsp3) is 0.250. The minimum atomic E-state index is 0.437. The van der Waals surface area contributed by atoms with Gasteiger partial charge in [0.1, 0.15) is 0 Å². The summed E-state index contributed by atoms with van der Waals surface area (Å²) in [5.41, 5.74) is 6.24. The molecule has 10 heavy (non-hydrogen) atoms. The minimum Gasteiger partial charge on any atom is -0.326 e. The molecular formula is C8H12ClN. The van der Waals surface area contributed by atoms with Gasteiger partial charge in [0.15, 0.2) is 0 Å². The van der Waals surface area contributed by atoms with E-state index in [-0.39, 0.29) is 0 Å². The van der Waals surface area contributed by atoms with E-state index in [1.807, 2.05) is 13.0 Å². The van der Waals surface area contributed by atoms with Gasteiger partial charge in [0.2, 0.25) is 0 Å². The van der Waals surface area contributed by atoms with E-state index in [0.29, 0.717) is 11.6 Å². The van der Waals surface area contributed by atoms with Crippen molar-refractivity contribution in [2.45, 2.75) is 6.92 Å². The molecule has 0 aromatic rings. The number of nitrogens with two attached hydrogens (primary N) is 1. The van der Waals surface area contributed by atoms with E-state index < -0.39 is 0 Å². The van der Waals surface area contributed by atoms with Crippen LogP contribution >= 0.6 is 11.6 Å². The molecule has 2 heteroatoms. The highest BCUT2D eigenvalue weighted by Gasteiger charge is 1.92. The van der Waals surface area contributed by atoms with E-state index in [1.165, 1.54) is 0 Å². The van der Waals surface area contributed by atoms with Crippen LogP contribution in [0.1, 0.15) is 6.92 Å². The predicted octanol–water partition coefficient (Wildman–Crippen LogP) is 2.20. The molecule has 0 spiro atoms. The zero-order chi connectivity index (χ0) is 7.98. The molecule has 0 atom stereocenters. The average molecular weight is 158 g/mol. The molecule has 0 fully saturated rings. The molecule has 0 aliphatic carbocycles. The summed E-state index contributed by atoms with van der Waals surface area (Å²) in [6, 6.07) is 0. The van der Waals surface area contributed by atoms with Crippen molar-refractivity contribution in [2.24, 2.45) is 5.73 Å². The molecule has 0 heterocycles. The molecular weight excluding hydrogens is 146 g/mol. The highest BCUT2D eigenvalue weighted by molar-refractivity contribution is 6.31. The lowest BCUT2D eigenvalue weighted by molar-refractivity contribution is 1.18. The maximum absolute atomic E-state index is 5.79. The van der Waals surface area contributed by atoms with Crippen molar-refractivity contribution in [1.82, 2.24) is 0 Å². The smallest absolute Gasteiger partial charge is 0.0447 e. The van der Waals surface area contributed by atoms with Gasteiger partial charge in [0.25, 0.3) is 0 Å². The van der Waals surface area contributed by atoms with E-state index in [4.69, 9.17) is 17.3 Å². The summed E-state index contributed by atoms with van der Waals surface area (Å²) in [7, 11) is 0. The highest BCUT2D eigenvalue weighted by atomic mass is 35.5. The van der Waals surface area contributed by atoms with Crippen molar-refractivity contribution >= 4 is 11.6 Å². The molecule has 0 saturated heterocycles. The average Bonchev–Trinajstić information content (AvgIpc) is 1.91. The van der Waals surface area contributed by atoms with E-state index in [0.717, 1.165) is 5.57 Å². The quantitative estimate of drug-likeness (QED) is 0.625. The van der Waals surface area contributed by atoms with Gasteiger partial charge >= 0.3 is 0 Å². The Kier molecular flexibility index (Phi) is 4.99. The summed E-state index contributed by atoms with van der Waals surface area (Å²) in [4.78, 5) is 0. The molecule has 0 bridgehead atoms. The zero-order valence-electron chi connectivity index (χ0n) is 6.10. The molecule has 0 amide bonds. The lowest BCUT2D eigenvalue weighted by Gasteiger charge is -1.96. The van der Waals surface area contributed by atoms with Crippen LogP contribution in [0.15, 0.2) is 35.4 Å². The van der Waals surface area contributed by atoms with E-state index >= 15 is 0 Å². The standard InChI is InChI=1S/C8H12ClN/c1-3-5-8(9)7(4-2)6-10/h3-5H,2,6,10H2,1H3/b5-3-,8-7-. The summed E-state index contributed by atoms with van der Waals surface area (Å²) in [6.45, 7) is 5.92. The normalized spacial score (nSPS) is 13.5. The SMILES string of the molecule is C=C/C(CN)=C(Cl)\C=C/C. The third-order valence-corrected chi connectivity index (χ3v) is 1.45. The van der Waals surface area contributed by atoms with Crippen LogP contribution in [0, 0.1) is 0 Å². The van der Waals surface area contributed by atoms with Crippen molar-refractivity contribution in [2.75, 3.05) is 6.54 Å². The molecule has 56 valence electrons. The van der Waals surface area contributed by atoms with Gasteiger partial charge in [-0.25, -0.2) is 0 Å². The van der Waals surface area contributed by atoms with Crippen LogP contribution < -0.4 is 5.73 Å². The van der Waals surface area contributed by atoms with Gasteiger partial charge in [-0.1, -0.05) is 30.3 Å². The molecule has 0 rings (SSSR count). The van der Waals surface area contributed by atoms with E-state index in [9.17, 15) is 0 Å². The number of halogens is 1. The van der Waals surface area contributed by atoms with E-state index in [1.54, 1.807) is 12.2 Å². The Bertz CT molecular complexity index is 168.